The summed E-state index contributed by atoms with van der Waals surface area (Å²) in [7, 11) is 2.13. The number of hydrogen-bond donors (Lipinski definition) is 0. The Morgan fingerprint density at radius 2 is 2.13 bits per heavy atom. The second-order valence-corrected chi connectivity index (χ2v) is 6.00. The molecule has 0 atom stereocenters. The minimum atomic E-state index is 0.514. The molecule has 0 N–H and O–H groups in total. The molecule has 0 amide bonds. The van der Waals surface area contributed by atoms with E-state index in [0.29, 0.717) is 11.5 Å². The van der Waals surface area contributed by atoms with E-state index in [1.165, 1.54) is 12.8 Å². The van der Waals surface area contributed by atoms with Crippen molar-refractivity contribution in [3.05, 3.63) is 22.8 Å². The third-order valence-electron chi connectivity index (χ3n) is 3.20. The maximum atomic E-state index is 4.41. The first kappa shape index (κ1) is 10.9. The second kappa shape index (κ2) is 3.78. The topological polar surface area (TPSA) is 16.1 Å². The second-order valence-electron chi connectivity index (χ2n) is 5.15. The Kier molecular flexibility index (Phi) is 2.75. The Balaban J connectivity index is 2.10. The van der Waals surface area contributed by atoms with Crippen molar-refractivity contribution >= 4 is 21.7 Å². The van der Waals surface area contributed by atoms with Crippen LogP contribution in [-0.2, 0) is 0 Å². The zero-order valence-electron chi connectivity index (χ0n) is 9.50. The molecule has 0 bridgehead atoms. The predicted molar refractivity (Wildman–Crippen MR) is 67.1 cm³/mol. The Labute approximate surface area is 99.8 Å². The van der Waals surface area contributed by atoms with Crippen molar-refractivity contribution in [3.8, 4) is 0 Å². The van der Waals surface area contributed by atoms with Gasteiger partial charge >= 0.3 is 0 Å². The highest BCUT2D eigenvalue weighted by Gasteiger charge is 2.38. The molecule has 0 aliphatic heterocycles. The predicted octanol–water partition coefficient (Wildman–Crippen LogP) is 3.47. The first-order chi connectivity index (χ1) is 6.99. The number of hydrogen-bond acceptors (Lipinski definition) is 2. The van der Waals surface area contributed by atoms with Crippen molar-refractivity contribution in [2.75, 3.05) is 11.9 Å². The van der Waals surface area contributed by atoms with Gasteiger partial charge in [0.15, 0.2) is 0 Å². The third-order valence-corrected chi connectivity index (χ3v) is 3.82. The number of pyridine rings is 1. The Morgan fingerprint density at radius 3 is 2.67 bits per heavy atom. The quantitative estimate of drug-likeness (QED) is 0.817. The molecule has 0 aromatic carbocycles. The van der Waals surface area contributed by atoms with Gasteiger partial charge in [-0.15, -0.1) is 0 Å². The molecule has 1 aromatic rings. The van der Waals surface area contributed by atoms with Crippen LogP contribution in [0.2, 0.25) is 0 Å². The minimum Gasteiger partial charge on any atom is -0.356 e. The number of rotatable bonds is 2. The first-order valence-electron chi connectivity index (χ1n) is 5.33. The Bertz CT molecular complexity index is 354. The van der Waals surface area contributed by atoms with Gasteiger partial charge in [-0.1, -0.05) is 13.8 Å². The van der Waals surface area contributed by atoms with Crippen molar-refractivity contribution < 1.29 is 0 Å². The van der Waals surface area contributed by atoms with Crippen LogP contribution in [0.5, 0.6) is 0 Å². The molecule has 3 heteroatoms. The molecule has 82 valence electrons. The largest absolute Gasteiger partial charge is 0.356 e. The standard InChI is InChI=1S/C12H17BrN2/c1-12(2)7-9(8-12)15(3)11-10(13)5-4-6-14-11/h4-6,9H,7-8H2,1-3H3. The molecule has 2 rings (SSSR count). The van der Waals surface area contributed by atoms with E-state index in [1.807, 2.05) is 18.3 Å². The van der Waals surface area contributed by atoms with Gasteiger partial charge in [0.1, 0.15) is 5.82 Å². The van der Waals surface area contributed by atoms with E-state index in [2.05, 4.69) is 46.7 Å². The monoisotopic (exact) mass is 268 g/mol. The number of aromatic nitrogens is 1. The molecule has 0 saturated heterocycles. The highest BCUT2D eigenvalue weighted by atomic mass is 79.9. The summed E-state index contributed by atoms with van der Waals surface area (Å²) in [6.45, 7) is 4.65. The molecule has 0 unspecified atom stereocenters. The molecular formula is C12H17BrN2. The zero-order chi connectivity index (χ0) is 11.1. The lowest BCUT2D eigenvalue weighted by molar-refractivity contribution is 0.150. The van der Waals surface area contributed by atoms with Crippen molar-refractivity contribution in [2.45, 2.75) is 32.7 Å². The van der Waals surface area contributed by atoms with Crippen molar-refractivity contribution in [1.29, 1.82) is 0 Å². The maximum absolute atomic E-state index is 4.41. The summed E-state index contributed by atoms with van der Waals surface area (Å²) in [5, 5.41) is 0. The number of anilines is 1. The molecule has 1 aromatic heterocycles. The minimum absolute atomic E-state index is 0.514. The van der Waals surface area contributed by atoms with E-state index in [1.54, 1.807) is 0 Å². The number of nitrogens with zero attached hydrogens (tertiary/aromatic N) is 2. The van der Waals surface area contributed by atoms with Gasteiger partial charge in [0, 0.05) is 19.3 Å². The first-order valence-corrected chi connectivity index (χ1v) is 6.12. The van der Waals surface area contributed by atoms with E-state index >= 15 is 0 Å². The highest BCUT2D eigenvalue weighted by molar-refractivity contribution is 9.10. The fraction of sp³-hybridized carbons (Fsp3) is 0.583. The van der Waals surface area contributed by atoms with Gasteiger partial charge in [-0.25, -0.2) is 4.98 Å². The average molecular weight is 269 g/mol. The summed E-state index contributed by atoms with van der Waals surface area (Å²) in [4.78, 5) is 6.69. The molecular weight excluding hydrogens is 252 g/mol. The van der Waals surface area contributed by atoms with Gasteiger partial charge in [-0.05, 0) is 46.3 Å². The lowest BCUT2D eigenvalue weighted by Gasteiger charge is -2.47. The van der Waals surface area contributed by atoms with E-state index in [4.69, 9.17) is 0 Å². The Hall–Kier alpha value is -0.570. The smallest absolute Gasteiger partial charge is 0.142 e. The third kappa shape index (κ3) is 2.17. The summed E-state index contributed by atoms with van der Waals surface area (Å²) >= 11 is 3.54. The van der Waals surface area contributed by atoms with E-state index in [0.717, 1.165) is 10.3 Å². The van der Waals surface area contributed by atoms with Gasteiger partial charge in [0.25, 0.3) is 0 Å². The van der Waals surface area contributed by atoms with Crippen LogP contribution in [-0.4, -0.2) is 18.1 Å². The van der Waals surface area contributed by atoms with Gasteiger partial charge < -0.3 is 4.90 Å². The molecule has 0 spiro atoms. The molecule has 15 heavy (non-hydrogen) atoms. The number of halogens is 1. The van der Waals surface area contributed by atoms with Crippen LogP contribution >= 0.6 is 15.9 Å². The lowest BCUT2D eigenvalue weighted by atomic mass is 9.68. The van der Waals surface area contributed by atoms with Gasteiger partial charge in [0.05, 0.1) is 4.47 Å². The summed E-state index contributed by atoms with van der Waals surface area (Å²) in [6, 6.07) is 4.64. The normalized spacial score (nSPS) is 19.7. The summed E-state index contributed by atoms with van der Waals surface area (Å²) in [5.74, 6) is 1.05. The van der Waals surface area contributed by atoms with Crippen molar-refractivity contribution in [2.24, 2.45) is 5.41 Å². The van der Waals surface area contributed by atoms with Crippen LogP contribution in [0.25, 0.3) is 0 Å². The van der Waals surface area contributed by atoms with Crippen LogP contribution in [0.15, 0.2) is 22.8 Å². The highest BCUT2D eigenvalue weighted by Crippen LogP contribution is 2.43. The maximum Gasteiger partial charge on any atom is 0.142 e. The molecule has 1 saturated carbocycles. The van der Waals surface area contributed by atoms with Crippen LogP contribution in [0.3, 0.4) is 0 Å². The van der Waals surface area contributed by atoms with Crippen LogP contribution in [0, 0.1) is 5.41 Å². The zero-order valence-corrected chi connectivity index (χ0v) is 11.1. The molecule has 1 fully saturated rings. The summed E-state index contributed by atoms with van der Waals surface area (Å²) in [6.07, 6.45) is 4.36. The van der Waals surface area contributed by atoms with Crippen molar-refractivity contribution in [3.63, 3.8) is 0 Å². The summed E-state index contributed by atoms with van der Waals surface area (Å²) < 4.78 is 1.08. The van der Waals surface area contributed by atoms with Crippen LogP contribution < -0.4 is 4.90 Å². The molecule has 1 heterocycles. The van der Waals surface area contributed by atoms with Gasteiger partial charge in [0.2, 0.25) is 0 Å². The van der Waals surface area contributed by atoms with E-state index in [-0.39, 0.29) is 0 Å². The van der Waals surface area contributed by atoms with E-state index < -0.39 is 0 Å². The summed E-state index contributed by atoms with van der Waals surface area (Å²) in [5.41, 5.74) is 0.514. The SMILES string of the molecule is CN(c1ncccc1Br)C1CC(C)(C)C1. The molecule has 1 aliphatic carbocycles. The van der Waals surface area contributed by atoms with E-state index in [9.17, 15) is 0 Å². The van der Waals surface area contributed by atoms with Gasteiger partial charge in [-0.3, -0.25) is 0 Å². The average Bonchev–Trinajstić information content (AvgIpc) is 2.14. The fourth-order valence-corrected chi connectivity index (χ4v) is 2.83. The van der Waals surface area contributed by atoms with Crippen LogP contribution in [0.1, 0.15) is 26.7 Å². The molecule has 1 aliphatic rings. The van der Waals surface area contributed by atoms with Crippen molar-refractivity contribution in [1.82, 2.24) is 4.98 Å². The molecule has 2 nitrogen and oxygen atoms in total. The fourth-order valence-electron chi connectivity index (χ4n) is 2.30. The lowest BCUT2D eigenvalue weighted by Crippen LogP contribution is -2.47. The van der Waals surface area contributed by atoms with Gasteiger partial charge in [-0.2, -0.15) is 0 Å². The molecule has 0 radical (unpaired) electrons. The Morgan fingerprint density at radius 1 is 1.47 bits per heavy atom. The van der Waals surface area contributed by atoms with Crippen LogP contribution in [0.4, 0.5) is 5.82 Å².